The van der Waals surface area contributed by atoms with E-state index < -0.39 is 0 Å². The van der Waals surface area contributed by atoms with E-state index in [-0.39, 0.29) is 0 Å². The van der Waals surface area contributed by atoms with Crippen molar-refractivity contribution in [1.82, 2.24) is 0 Å². The molecule has 1 nitrogen and oxygen atoms in total. The molecule has 0 aromatic carbocycles. The molecule has 0 aliphatic carbocycles. The van der Waals surface area contributed by atoms with Crippen molar-refractivity contribution in [1.29, 1.82) is 0 Å². The molecule has 1 fully saturated rings. The highest BCUT2D eigenvalue weighted by Gasteiger charge is 2.21. The van der Waals surface area contributed by atoms with E-state index in [1.807, 2.05) is 0 Å². The van der Waals surface area contributed by atoms with Crippen LogP contribution in [-0.2, 0) is 4.74 Å². The Bertz CT molecular complexity index is 43.9. The summed E-state index contributed by atoms with van der Waals surface area (Å²) in [7, 11) is 0. The summed E-state index contributed by atoms with van der Waals surface area (Å²) in [6.45, 7) is 5.28. The minimum atomic E-state index is 0.532. The number of hydrogen-bond donors (Lipinski definition) is 0. The standard InChI is InChI=1S/C5H10O/c1-4-3-6-5(4)2/h4-5H,3H2,1-2H3/t4-,5-/m1/s1. The zero-order valence-electron chi connectivity index (χ0n) is 4.27. The average Bonchev–Trinajstić information content (AvgIpc) is 1.61. The predicted molar refractivity (Wildman–Crippen MR) is 24.6 cm³/mol. The summed E-state index contributed by atoms with van der Waals surface area (Å²) < 4.78 is 5.04. The molecule has 1 saturated heterocycles. The Balaban J connectivity index is 2.20. The van der Waals surface area contributed by atoms with E-state index in [1.165, 1.54) is 0 Å². The summed E-state index contributed by atoms with van der Waals surface area (Å²) in [4.78, 5) is 0. The SMILES string of the molecule is C[C@@H]1CO[C@@H]1C. The molecule has 6 heavy (non-hydrogen) atoms. The van der Waals surface area contributed by atoms with Gasteiger partial charge in [-0.05, 0) is 6.92 Å². The van der Waals surface area contributed by atoms with Crippen LogP contribution in [-0.4, -0.2) is 12.7 Å². The lowest BCUT2D eigenvalue weighted by Gasteiger charge is -2.30. The van der Waals surface area contributed by atoms with Gasteiger partial charge in [-0.2, -0.15) is 0 Å². The van der Waals surface area contributed by atoms with E-state index in [9.17, 15) is 0 Å². The molecule has 0 aromatic rings. The van der Waals surface area contributed by atoms with Gasteiger partial charge in [0.25, 0.3) is 0 Å². The fraction of sp³-hybridized carbons (Fsp3) is 1.00. The molecule has 0 amide bonds. The summed E-state index contributed by atoms with van der Waals surface area (Å²) in [6.07, 6.45) is 0.532. The smallest absolute Gasteiger partial charge is 0.0594 e. The Kier molecular flexibility index (Phi) is 0.845. The fourth-order valence-corrected chi connectivity index (χ4v) is 0.481. The predicted octanol–water partition coefficient (Wildman–Crippen LogP) is 1.04. The summed E-state index contributed by atoms with van der Waals surface area (Å²) in [5.74, 6) is 0.810. The third-order valence-corrected chi connectivity index (χ3v) is 1.42. The van der Waals surface area contributed by atoms with Gasteiger partial charge in [-0.3, -0.25) is 0 Å². The van der Waals surface area contributed by atoms with Crippen molar-refractivity contribution in [2.75, 3.05) is 6.61 Å². The molecule has 1 heterocycles. The van der Waals surface area contributed by atoms with Crippen molar-refractivity contribution >= 4 is 0 Å². The Morgan fingerprint density at radius 1 is 1.50 bits per heavy atom. The van der Waals surface area contributed by atoms with Crippen molar-refractivity contribution in [3.05, 3.63) is 0 Å². The van der Waals surface area contributed by atoms with Crippen molar-refractivity contribution in [3.63, 3.8) is 0 Å². The summed E-state index contributed by atoms with van der Waals surface area (Å²) >= 11 is 0. The first-order valence-electron chi connectivity index (χ1n) is 2.42. The van der Waals surface area contributed by atoms with Gasteiger partial charge in [0.05, 0.1) is 12.7 Å². The quantitative estimate of drug-likeness (QED) is 0.428. The Morgan fingerprint density at radius 3 is 2.00 bits per heavy atom. The maximum Gasteiger partial charge on any atom is 0.0594 e. The average molecular weight is 86.1 g/mol. The van der Waals surface area contributed by atoms with Crippen molar-refractivity contribution in [2.24, 2.45) is 5.92 Å². The van der Waals surface area contributed by atoms with E-state index in [2.05, 4.69) is 13.8 Å². The second kappa shape index (κ2) is 1.23. The van der Waals surface area contributed by atoms with Gasteiger partial charge in [-0.1, -0.05) is 6.92 Å². The Morgan fingerprint density at radius 2 is 2.00 bits per heavy atom. The molecule has 1 rings (SSSR count). The molecule has 0 bridgehead atoms. The highest BCUT2D eigenvalue weighted by atomic mass is 16.5. The van der Waals surface area contributed by atoms with Crippen LogP contribution in [0.1, 0.15) is 13.8 Å². The van der Waals surface area contributed by atoms with Crippen LogP contribution < -0.4 is 0 Å². The lowest BCUT2D eigenvalue weighted by Crippen LogP contribution is -2.34. The molecule has 1 aliphatic heterocycles. The van der Waals surface area contributed by atoms with Gasteiger partial charge in [-0.15, -0.1) is 0 Å². The van der Waals surface area contributed by atoms with Crippen LogP contribution in [0.25, 0.3) is 0 Å². The van der Waals surface area contributed by atoms with E-state index in [0.717, 1.165) is 12.5 Å². The first-order valence-corrected chi connectivity index (χ1v) is 2.42. The molecule has 0 saturated carbocycles. The third-order valence-electron chi connectivity index (χ3n) is 1.42. The number of ether oxygens (including phenoxy) is 1. The van der Waals surface area contributed by atoms with E-state index in [1.54, 1.807) is 0 Å². The van der Waals surface area contributed by atoms with Crippen molar-refractivity contribution < 1.29 is 4.74 Å². The second-order valence-corrected chi connectivity index (χ2v) is 2.02. The molecule has 0 N–H and O–H groups in total. The fourth-order valence-electron chi connectivity index (χ4n) is 0.481. The summed E-state index contributed by atoms with van der Waals surface area (Å²) in [5.41, 5.74) is 0. The first-order chi connectivity index (χ1) is 2.80. The summed E-state index contributed by atoms with van der Waals surface area (Å²) in [5, 5.41) is 0. The van der Waals surface area contributed by atoms with Crippen molar-refractivity contribution in [3.8, 4) is 0 Å². The zero-order chi connectivity index (χ0) is 4.57. The molecule has 1 aliphatic rings. The van der Waals surface area contributed by atoms with Gasteiger partial charge in [0, 0.05) is 5.92 Å². The van der Waals surface area contributed by atoms with Crippen LogP contribution in [0, 0.1) is 5.92 Å². The van der Waals surface area contributed by atoms with Gasteiger partial charge in [0.1, 0.15) is 0 Å². The Labute approximate surface area is 38.3 Å². The molecule has 2 atom stereocenters. The Hall–Kier alpha value is -0.0400. The van der Waals surface area contributed by atoms with Crippen LogP contribution in [0.4, 0.5) is 0 Å². The maximum atomic E-state index is 5.04. The minimum absolute atomic E-state index is 0.532. The van der Waals surface area contributed by atoms with Crippen molar-refractivity contribution in [2.45, 2.75) is 20.0 Å². The highest BCUT2D eigenvalue weighted by molar-refractivity contribution is 4.68. The van der Waals surface area contributed by atoms with Gasteiger partial charge in [-0.25, -0.2) is 0 Å². The van der Waals surface area contributed by atoms with Crippen LogP contribution >= 0.6 is 0 Å². The molecular weight excluding hydrogens is 76.1 g/mol. The van der Waals surface area contributed by atoms with Crippen LogP contribution in [0.2, 0.25) is 0 Å². The topological polar surface area (TPSA) is 9.23 Å². The minimum Gasteiger partial charge on any atom is -0.378 e. The monoisotopic (exact) mass is 86.1 g/mol. The first kappa shape index (κ1) is 4.13. The van der Waals surface area contributed by atoms with Gasteiger partial charge in [0.15, 0.2) is 0 Å². The maximum absolute atomic E-state index is 5.04. The number of hydrogen-bond acceptors (Lipinski definition) is 1. The molecule has 0 spiro atoms. The van der Waals surface area contributed by atoms with Crippen LogP contribution in [0.15, 0.2) is 0 Å². The molecule has 0 aromatic heterocycles. The molecule has 1 heteroatoms. The second-order valence-electron chi connectivity index (χ2n) is 2.02. The van der Waals surface area contributed by atoms with Crippen LogP contribution in [0.3, 0.4) is 0 Å². The molecule has 0 unspecified atom stereocenters. The molecule has 36 valence electrons. The van der Waals surface area contributed by atoms with Gasteiger partial charge in [0.2, 0.25) is 0 Å². The van der Waals surface area contributed by atoms with Crippen LogP contribution in [0.5, 0.6) is 0 Å². The third kappa shape index (κ3) is 0.432. The molecular formula is C5H10O. The number of rotatable bonds is 0. The summed E-state index contributed by atoms with van der Waals surface area (Å²) in [6, 6.07) is 0. The normalized spacial score (nSPS) is 45.0. The lowest BCUT2D eigenvalue weighted by molar-refractivity contribution is -0.0937. The van der Waals surface area contributed by atoms with Gasteiger partial charge < -0.3 is 4.74 Å². The highest BCUT2D eigenvalue weighted by Crippen LogP contribution is 2.17. The van der Waals surface area contributed by atoms with E-state index in [4.69, 9.17) is 4.74 Å². The zero-order valence-corrected chi connectivity index (χ0v) is 4.27. The van der Waals surface area contributed by atoms with Gasteiger partial charge >= 0.3 is 0 Å². The molecule has 0 radical (unpaired) electrons. The van der Waals surface area contributed by atoms with E-state index >= 15 is 0 Å². The van der Waals surface area contributed by atoms with E-state index in [0.29, 0.717) is 6.10 Å². The lowest BCUT2D eigenvalue weighted by atomic mass is 10.0. The largest absolute Gasteiger partial charge is 0.378 e.